The quantitative estimate of drug-likeness (QED) is 0.402. The molecule has 0 spiro atoms. The second-order valence-corrected chi connectivity index (χ2v) is 1.64. The SMILES string of the molecule is Cc1nc(=S)[nH][nH]1.[Na]. The van der Waals surface area contributed by atoms with Crippen molar-refractivity contribution in [3.63, 3.8) is 0 Å². The average Bonchev–Trinajstić information content (AvgIpc) is 1.87. The second-order valence-electron chi connectivity index (χ2n) is 1.25. The van der Waals surface area contributed by atoms with Crippen LogP contribution in [0.1, 0.15) is 5.82 Å². The number of rotatable bonds is 0. The minimum Gasteiger partial charge on any atom is -0.286 e. The van der Waals surface area contributed by atoms with E-state index in [0.29, 0.717) is 4.77 Å². The molecule has 1 radical (unpaired) electrons. The van der Waals surface area contributed by atoms with Crippen molar-refractivity contribution in [3.05, 3.63) is 10.6 Å². The summed E-state index contributed by atoms with van der Waals surface area (Å²) in [6.07, 6.45) is 0. The topological polar surface area (TPSA) is 44.5 Å². The zero-order valence-corrected chi connectivity index (χ0v) is 7.67. The fourth-order valence-electron chi connectivity index (χ4n) is 0.352. The first-order valence-corrected chi connectivity index (χ1v) is 2.31. The molecule has 39 valence electrons. The Morgan fingerprint density at radius 2 is 2.12 bits per heavy atom. The van der Waals surface area contributed by atoms with Crippen LogP contribution in [0.2, 0.25) is 0 Å². The Morgan fingerprint density at radius 1 is 1.50 bits per heavy atom. The number of H-pyrrole nitrogens is 2. The molecule has 0 fully saturated rings. The molecule has 5 heteroatoms. The van der Waals surface area contributed by atoms with Gasteiger partial charge >= 0.3 is 0 Å². The van der Waals surface area contributed by atoms with Gasteiger partial charge in [-0.3, -0.25) is 10.2 Å². The molecule has 1 rings (SSSR count). The Bertz CT molecular complexity index is 202. The number of aromatic nitrogens is 3. The molecule has 0 bridgehead atoms. The Labute approximate surface area is 74.2 Å². The van der Waals surface area contributed by atoms with E-state index in [2.05, 4.69) is 27.4 Å². The van der Waals surface area contributed by atoms with Crippen molar-refractivity contribution in [2.24, 2.45) is 0 Å². The summed E-state index contributed by atoms with van der Waals surface area (Å²) in [6.45, 7) is 1.84. The van der Waals surface area contributed by atoms with Crippen LogP contribution in [0.4, 0.5) is 0 Å². The summed E-state index contributed by atoms with van der Waals surface area (Å²) in [6, 6.07) is 0. The van der Waals surface area contributed by atoms with Gasteiger partial charge in [-0.1, -0.05) is 0 Å². The summed E-state index contributed by atoms with van der Waals surface area (Å²) in [7, 11) is 0. The van der Waals surface area contributed by atoms with E-state index in [9.17, 15) is 0 Å². The van der Waals surface area contributed by atoms with Crippen LogP contribution in [0.3, 0.4) is 0 Å². The monoisotopic (exact) mass is 138 g/mol. The summed E-state index contributed by atoms with van der Waals surface area (Å²) in [5.74, 6) is 0.824. The second kappa shape index (κ2) is 3.40. The van der Waals surface area contributed by atoms with Gasteiger partial charge in [0.1, 0.15) is 5.82 Å². The first kappa shape index (κ1) is 8.36. The molecule has 0 aliphatic heterocycles. The predicted molar refractivity (Wildman–Crippen MR) is 34.3 cm³/mol. The molecule has 3 nitrogen and oxygen atoms in total. The minimum atomic E-state index is 0. The molecule has 0 atom stereocenters. The van der Waals surface area contributed by atoms with Crippen molar-refractivity contribution in [3.8, 4) is 0 Å². The van der Waals surface area contributed by atoms with Gasteiger partial charge in [0.15, 0.2) is 0 Å². The van der Waals surface area contributed by atoms with Crippen molar-refractivity contribution in [2.75, 3.05) is 0 Å². The van der Waals surface area contributed by atoms with Gasteiger partial charge < -0.3 is 0 Å². The van der Waals surface area contributed by atoms with Crippen LogP contribution in [0.25, 0.3) is 0 Å². The van der Waals surface area contributed by atoms with Crippen molar-refractivity contribution in [2.45, 2.75) is 6.92 Å². The fourth-order valence-corrected chi connectivity index (χ4v) is 0.540. The Hall–Kier alpha value is 0.360. The average molecular weight is 138 g/mol. The molecule has 0 aliphatic carbocycles. The Balaban J connectivity index is 0.000000490. The maximum Gasteiger partial charge on any atom is 0.213 e. The van der Waals surface area contributed by atoms with Gasteiger partial charge in [-0.2, -0.15) is 0 Å². The van der Waals surface area contributed by atoms with E-state index in [-0.39, 0.29) is 29.6 Å². The number of hydrogen-bond acceptors (Lipinski definition) is 2. The molecule has 8 heavy (non-hydrogen) atoms. The summed E-state index contributed by atoms with van der Waals surface area (Å²) >= 11 is 4.63. The minimum absolute atomic E-state index is 0. The van der Waals surface area contributed by atoms with E-state index in [1.54, 1.807) is 0 Å². The van der Waals surface area contributed by atoms with Gasteiger partial charge in [0.25, 0.3) is 0 Å². The third-order valence-corrected chi connectivity index (χ3v) is 0.813. The number of hydrogen-bond donors (Lipinski definition) is 2. The Kier molecular flexibility index (Phi) is 3.55. The fraction of sp³-hybridized carbons (Fsp3) is 0.333. The molecule has 0 aliphatic rings. The van der Waals surface area contributed by atoms with Crippen LogP contribution in [-0.4, -0.2) is 44.7 Å². The van der Waals surface area contributed by atoms with Crippen LogP contribution in [0, 0.1) is 11.7 Å². The summed E-state index contributed by atoms with van der Waals surface area (Å²) in [5.41, 5.74) is 0. The first-order valence-electron chi connectivity index (χ1n) is 1.90. The van der Waals surface area contributed by atoms with Crippen LogP contribution in [0.5, 0.6) is 0 Å². The van der Waals surface area contributed by atoms with E-state index >= 15 is 0 Å². The predicted octanol–water partition coefficient (Wildman–Crippen LogP) is 0.395. The third kappa shape index (κ3) is 2.09. The summed E-state index contributed by atoms with van der Waals surface area (Å²) in [4.78, 5) is 3.81. The third-order valence-electron chi connectivity index (χ3n) is 0.620. The smallest absolute Gasteiger partial charge is 0.213 e. The zero-order chi connectivity index (χ0) is 5.28. The van der Waals surface area contributed by atoms with Crippen LogP contribution in [0.15, 0.2) is 0 Å². The van der Waals surface area contributed by atoms with Crippen LogP contribution in [-0.2, 0) is 0 Å². The van der Waals surface area contributed by atoms with Gasteiger partial charge in [0.2, 0.25) is 4.77 Å². The van der Waals surface area contributed by atoms with E-state index < -0.39 is 0 Å². The number of aromatic amines is 2. The van der Waals surface area contributed by atoms with Crippen LogP contribution < -0.4 is 0 Å². The molecule has 0 unspecified atom stereocenters. The van der Waals surface area contributed by atoms with Gasteiger partial charge in [0, 0.05) is 29.6 Å². The molecule has 1 aromatic rings. The largest absolute Gasteiger partial charge is 0.286 e. The molecule has 1 aromatic heterocycles. The molecule has 0 amide bonds. The summed E-state index contributed by atoms with van der Waals surface area (Å²) < 4.78 is 0.512. The zero-order valence-electron chi connectivity index (χ0n) is 4.86. The first-order chi connectivity index (χ1) is 3.29. The summed E-state index contributed by atoms with van der Waals surface area (Å²) in [5, 5.41) is 5.38. The molecule has 0 saturated heterocycles. The Morgan fingerprint density at radius 3 is 2.25 bits per heavy atom. The maximum atomic E-state index is 4.63. The van der Waals surface area contributed by atoms with Crippen molar-refractivity contribution in [1.82, 2.24) is 15.2 Å². The van der Waals surface area contributed by atoms with E-state index in [1.807, 2.05) is 6.92 Å². The maximum absolute atomic E-state index is 4.63. The van der Waals surface area contributed by atoms with Gasteiger partial charge in [-0.05, 0) is 19.1 Å². The molecule has 1 heterocycles. The molecule has 0 aromatic carbocycles. The molecular weight excluding hydrogens is 133 g/mol. The van der Waals surface area contributed by atoms with Gasteiger partial charge in [0.05, 0.1) is 0 Å². The van der Waals surface area contributed by atoms with Gasteiger partial charge in [-0.15, -0.1) is 0 Å². The number of nitrogens with one attached hydrogen (secondary N) is 2. The molecule has 0 saturated carbocycles. The van der Waals surface area contributed by atoms with Crippen molar-refractivity contribution in [1.29, 1.82) is 0 Å². The van der Waals surface area contributed by atoms with Crippen LogP contribution >= 0.6 is 12.2 Å². The van der Waals surface area contributed by atoms with E-state index in [0.717, 1.165) is 5.82 Å². The standard InChI is InChI=1S/C3H5N3S.Na/c1-2-4-3(7)6-5-2;/h1H3,(H2,4,5,6,7);. The number of nitrogens with zero attached hydrogens (tertiary/aromatic N) is 1. The van der Waals surface area contributed by atoms with E-state index in [1.165, 1.54) is 0 Å². The van der Waals surface area contributed by atoms with E-state index in [4.69, 9.17) is 0 Å². The van der Waals surface area contributed by atoms with Crippen molar-refractivity contribution < 1.29 is 0 Å². The molecular formula is C3H5N3NaS. The normalized spacial score (nSPS) is 8.12. The van der Waals surface area contributed by atoms with Gasteiger partial charge in [-0.25, -0.2) is 4.98 Å². The molecule has 2 N–H and O–H groups in total. The van der Waals surface area contributed by atoms with Crippen molar-refractivity contribution >= 4 is 41.8 Å². The number of aryl methyl sites for hydroxylation is 1.